The van der Waals surface area contributed by atoms with Gasteiger partial charge in [-0.1, -0.05) is 24.3 Å². The molecule has 0 spiro atoms. The van der Waals surface area contributed by atoms with E-state index in [2.05, 4.69) is 0 Å². The molecule has 1 N–H and O–H groups in total. The number of halogens is 4. The molecular weight excluding hydrogens is 426 g/mol. The molecule has 0 aromatic heterocycles. The van der Waals surface area contributed by atoms with E-state index >= 15 is 0 Å². The van der Waals surface area contributed by atoms with Crippen LogP contribution in [0.4, 0.5) is 17.6 Å². The van der Waals surface area contributed by atoms with E-state index in [0.717, 1.165) is 11.1 Å². The second-order valence-electron chi connectivity index (χ2n) is 8.28. The van der Waals surface area contributed by atoms with Gasteiger partial charge in [-0.3, -0.25) is 4.79 Å². The smallest absolute Gasteiger partial charge is 0.422 e. The van der Waals surface area contributed by atoms with Crippen LogP contribution in [-0.4, -0.2) is 41.8 Å². The SMILES string of the molecule is C[C@@H](c1ccc(OCC(F)(F)F)cc1)N1CC[C@](CCCO)(c2ccc(F)cc2)CC1=O. The number of piperidine rings is 1. The fourth-order valence-electron chi connectivity index (χ4n) is 4.36. The number of likely N-dealkylation sites (tertiary alicyclic amines) is 1. The summed E-state index contributed by atoms with van der Waals surface area (Å²) in [5, 5.41) is 9.33. The lowest BCUT2D eigenvalue weighted by Crippen LogP contribution is -2.47. The average Bonchev–Trinajstić information content (AvgIpc) is 2.76. The lowest BCUT2D eigenvalue weighted by molar-refractivity contribution is -0.153. The highest BCUT2D eigenvalue weighted by molar-refractivity contribution is 5.79. The minimum absolute atomic E-state index is 0.0139. The summed E-state index contributed by atoms with van der Waals surface area (Å²) in [6.07, 6.45) is -2.33. The standard InChI is InChI=1S/C24H27F4NO3/c1-17(18-3-9-21(10-4-18)32-16-24(26,27)28)29-13-12-23(11-2-14-30,15-22(29)31)19-5-7-20(25)8-6-19/h3-10,17,30H,2,11-16H2,1H3/t17-,23-/m0/s1. The van der Waals surface area contributed by atoms with E-state index in [9.17, 15) is 27.5 Å². The summed E-state index contributed by atoms with van der Waals surface area (Å²) < 4.78 is 55.1. The van der Waals surface area contributed by atoms with Crippen molar-refractivity contribution in [1.82, 2.24) is 4.90 Å². The maximum Gasteiger partial charge on any atom is 0.422 e. The zero-order valence-electron chi connectivity index (χ0n) is 17.9. The third-order valence-corrected chi connectivity index (χ3v) is 6.14. The minimum Gasteiger partial charge on any atom is -0.484 e. The molecule has 0 saturated carbocycles. The number of hydrogen-bond acceptors (Lipinski definition) is 3. The van der Waals surface area contributed by atoms with Gasteiger partial charge in [-0.25, -0.2) is 4.39 Å². The van der Waals surface area contributed by atoms with E-state index in [0.29, 0.717) is 25.8 Å². The molecule has 174 valence electrons. The van der Waals surface area contributed by atoms with Crippen LogP contribution in [0.3, 0.4) is 0 Å². The Labute approximate surface area is 184 Å². The van der Waals surface area contributed by atoms with Crippen LogP contribution in [0.5, 0.6) is 5.75 Å². The van der Waals surface area contributed by atoms with Gasteiger partial charge < -0.3 is 14.7 Å². The first-order valence-electron chi connectivity index (χ1n) is 10.6. The van der Waals surface area contributed by atoms with Gasteiger partial charge in [-0.05, 0) is 61.6 Å². The fraction of sp³-hybridized carbons (Fsp3) is 0.458. The number of carbonyl (C=O) groups is 1. The van der Waals surface area contributed by atoms with Crippen molar-refractivity contribution in [3.8, 4) is 5.75 Å². The lowest BCUT2D eigenvalue weighted by atomic mass is 9.69. The van der Waals surface area contributed by atoms with Crippen LogP contribution < -0.4 is 4.74 Å². The van der Waals surface area contributed by atoms with Crippen LogP contribution in [0.15, 0.2) is 48.5 Å². The first-order chi connectivity index (χ1) is 15.1. The number of ether oxygens (including phenoxy) is 1. The van der Waals surface area contributed by atoms with Crippen LogP contribution in [0.25, 0.3) is 0 Å². The summed E-state index contributed by atoms with van der Waals surface area (Å²) in [5.74, 6) is -0.280. The molecule has 3 rings (SSSR count). The molecule has 1 aliphatic rings. The highest BCUT2D eigenvalue weighted by Crippen LogP contribution is 2.42. The number of carbonyl (C=O) groups excluding carboxylic acids is 1. The van der Waals surface area contributed by atoms with E-state index in [1.165, 1.54) is 24.3 Å². The van der Waals surface area contributed by atoms with E-state index < -0.39 is 18.2 Å². The summed E-state index contributed by atoms with van der Waals surface area (Å²) in [6, 6.07) is 12.2. The van der Waals surface area contributed by atoms with Gasteiger partial charge in [-0.15, -0.1) is 0 Å². The van der Waals surface area contributed by atoms with Gasteiger partial charge in [0.1, 0.15) is 11.6 Å². The monoisotopic (exact) mass is 453 g/mol. The molecular formula is C24H27F4NO3. The largest absolute Gasteiger partial charge is 0.484 e. The Bertz CT molecular complexity index is 899. The zero-order chi connectivity index (χ0) is 23.4. The van der Waals surface area contributed by atoms with Crippen LogP contribution >= 0.6 is 0 Å². The number of aliphatic hydroxyl groups excluding tert-OH is 1. The van der Waals surface area contributed by atoms with Crippen molar-refractivity contribution in [1.29, 1.82) is 0 Å². The summed E-state index contributed by atoms with van der Waals surface area (Å²) >= 11 is 0. The Balaban J connectivity index is 1.71. The molecule has 2 aromatic rings. The maximum absolute atomic E-state index is 13.4. The Kier molecular flexibility index (Phi) is 7.44. The molecule has 32 heavy (non-hydrogen) atoms. The molecule has 1 amide bonds. The topological polar surface area (TPSA) is 49.8 Å². The lowest BCUT2D eigenvalue weighted by Gasteiger charge is -2.44. The molecule has 2 atom stereocenters. The maximum atomic E-state index is 13.4. The number of rotatable bonds is 8. The van der Waals surface area contributed by atoms with Gasteiger partial charge in [-0.2, -0.15) is 13.2 Å². The quantitative estimate of drug-likeness (QED) is 0.562. The van der Waals surface area contributed by atoms with Gasteiger partial charge in [0.25, 0.3) is 0 Å². The van der Waals surface area contributed by atoms with Crippen LogP contribution in [0, 0.1) is 5.82 Å². The first kappa shape index (κ1) is 24.0. The zero-order valence-corrected chi connectivity index (χ0v) is 17.9. The van der Waals surface area contributed by atoms with Crippen molar-refractivity contribution in [2.75, 3.05) is 19.8 Å². The molecule has 1 fully saturated rings. The van der Waals surface area contributed by atoms with Crippen LogP contribution in [0.2, 0.25) is 0 Å². The summed E-state index contributed by atoms with van der Waals surface area (Å²) in [5.41, 5.74) is 1.22. The molecule has 4 nitrogen and oxygen atoms in total. The number of nitrogens with zero attached hydrogens (tertiary/aromatic N) is 1. The Hall–Kier alpha value is -2.61. The Morgan fingerprint density at radius 1 is 1.12 bits per heavy atom. The van der Waals surface area contributed by atoms with E-state index in [-0.39, 0.29) is 36.5 Å². The molecule has 0 unspecified atom stereocenters. The Morgan fingerprint density at radius 3 is 2.34 bits per heavy atom. The average molecular weight is 453 g/mol. The van der Waals surface area contributed by atoms with Gasteiger partial charge in [0.05, 0.1) is 6.04 Å². The summed E-state index contributed by atoms with van der Waals surface area (Å²) in [6.45, 7) is 1.02. The Morgan fingerprint density at radius 2 is 1.78 bits per heavy atom. The van der Waals surface area contributed by atoms with Crippen molar-refractivity contribution >= 4 is 5.91 Å². The number of hydrogen-bond donors (Lipinski definition) is 1. The van der Waals surface area contributed by atoms with E-state index in [4.69, 9.17) is 4.74 Å². The third kappa shape index (κ3) is 5.79. The van der Waals surface area contributed by atoms with Crippen molar-refractivity contribution in [2.45, 2.75) is 50.2 Å². The van der Waals surface area contributed by atoms with E-state index in [1.54, 1.807) is 29.2 Å². The third-order valence-electron chi connectivity index (χ3n) is 6.14. The number of alkyl halides is 3. The van der Waals surface area contributed by atoms with Crippen LogP contribution in [-0.2, 0) is 10.2 Å². The molecule has 0 bridgehead atoms. The number of aliphatic hydroxyl groups is 1. The predicted molar refractivity (Wildman–Crippen MR) is 112 cm³/mol. The summed E-state index contributed by atoms with van der Waals surface area (Å²) in [4.78, 5) is 14.9. The number of amides is 1. The minimum atomic E-state index is -4.40. The second kappa shape index (κ2) is 9.90. The first-order valence-corrected chi connectivity index (χ1v) is 10.6. The van der Waals surface area contributed by atoms with Gasteiger partial charge in [0, 0.05) is 25.0 Å². The van der Waals surface area contributed by atoms with E-state index in [1.807, 2.05) is 6.92 Å². The van der Waals surface area contributed by atoms with Gasteiger partial charge in [0.15, 0.2) is 6.61 Å². The molecule has 2 aromatic carbocycles. The van der Waals surface area contributed by atoms with Crippen molar-refractivity contribution in [2.24, 2.45) is 0 Å². The molecule has 0 aliphatic carbocycles. The predicted octanol–water partition coefficient (Wildman–Crippen LogP) is 5.16. The molecule has 1 heterocycles. The normalized spacial score (nSPS) is 20.3. The molecule has 1 aliphatic heterocycles. The molecule has 0 radical (unpaired) electrons. The number of benzene rings is 2. The highest BCUT2D eigenvalue weighted by atomic mass is 19.4. The van der Waals surface area contributed by atoms with Crippen molar-refractivity contribution in [3.63, 3.8) is 0 Å². The van der Waals surface area contributed by atoms with Crippen molar-refractivity contribution < 1.29 is 32.2 Å². The van der Waals surface area contributed by atoms with Crippen molar-refractivity contribution in [3.05, 3.63) is 65.5 Å². The summed E-state index contributed by atoms with van der Waals surface area (Å²) in [7, 11) is 0. The molecule has 1 saturated heterocycles. The van der Waals surface area contributed by atoms with Crippen LogP contribution in [0.1, 0.15) is 49.8 Å². The fourth-order valence-corrected chi connectivity index (χ4v) is 4.36. The second-order valence-corrected chi connectivity index (χ2v) is 8.28. The molecule has 8 heteroatoms. The van der Waals surface area contributed by atoms with Gasteiger partial charge >= 0.3 is 6.18 Å². The highest BCUT2D eigenvalue weighted by Gasteiger charge is 2.41. The van der Waals surface area contributed by atoms with Gasteiger partial charge in [0.2, 0.25) is 5.91 Å².